The molecule has 0 aliphatic carbocycles. The Morgan fingerprint density at radius 2 is 1.91 bits per heavy atom. The van der Waals surface area contributed by atoms with Crippen LogP contribution in [0.2, 0.25) is 0 Å². The summed E-state index contributed by atoms with van der Waals surface area (Å²) < 4.78 is 22.2. The molecule has 0 bridgehead atoms. The van der Waals surface area contributed by atoms with Gasteiger partial charge in [0.2, 0.25) is 12.6 Å². The number of fused-ring (bicyclic) bond motifs is 1. The molecule has 0 radical (unpaired) electrons. The maximum atomic E-state index is 13.1. The molecule has 2 amide bonds. The minimum Gasteiger partial charge on any atom is -0.494 e. The number of urea groups is 1. The zero-order valence-corrected chi connectivity index (χ0v) is 20.2. The van der Waals surface area contributed by atoms with Crippen LogP contribution < -0.4 is 19.5 Å². The van der Waals surface area contributed by atoms with Crippen LogP contribution in [-0.4, -0.2) is 41.0 Å². The summed E-state index contributed by atoms with van der Waals surface area (Å²) >= 11 is 0. The number of carbonyl (C=O) groups is 1. The van der Waals surface area contributed by atoms with Crippen LogP contribution in [0, 0.1) is 5.92 Å². The fourth-order valence-electron chi connectivity index (χ4n) is 4.30. The van der Waals surface area contributed by atoms with Gasteiger partial charge in [0.1, 0.15) is 5.75 Å². The molecule has 3 aromatic rings. The van der Waals surface area contributed by atoms with Gasteiger partial charge in [-0.25, -0.2) is 4.79 Å². The number of allylic oxidation sites excluding steroid dienone is 1. The molecule has 0 fully saturated rings. The predicted octanol–water partition coefficient (Wildman–Crippen LogP) is 5.02. The maximum absolute atomic E-state index is 13.1. The molecule has 2 aliphatic heterocycles. The number of rotatable bonds is 7. The van der Waals surface area contributed by atoms with E-state index in [1.165, 1.54) is 0 Å². The van der Waals surface area contributed by atoms with E-state index in [-0.39, 0.29) is 18.7 Å². The lowest BCUT2D eigenvalue weighted by Crippen LogP contribution is -2.47. The summed E-state index contributed by atoms with van der Waals surface area (Å²) in [6, 6.07) is 12.6. The molecule has 9 heteroatoms. The van der Waals surface area contributed by atoms with Gasteiger partial charge in [-0.3, -0.25) is 4.90 Å². The van der Waals surface area contributed by atoms with Crippen molar-refractivity contribution in [3.63, 3.8) is 0 Å². The van der Waals surface area contributed by atoms with Crippen molar-refractivity contribution in [2.45, 2.75) is 33.7 Å². The van der Waals surface area contributed by atoms with Gasteiger partial charge >= 0.3 is 6.03 Å². The third-order valence-electron chi connectivity index (χ3n) is 5.96. The monoisotopic (exact) mass is 476 g/mol. The molecule has 0 saturated carbocycles. The van der Waals surface area contributed by atoms with Crippen LogP contribution in [0.5, 0.6) is 17.2 Å². The van der Waals surface area contributed by atoms with Crippen molar-refractivity contribution in [3.8, 4) is 28.6 Å². The van der Waals surface area contributed by atoms with Crippen LogP contribution in [0.1, 0.15) is 45.2 Å². The Balaban J connectivity index is 1.55. The summed E-state index contributed by atoms with van der Waals surface area (Å²) in [4.78, 5) is 19.5. The van der Waals surface area contributed by atoms with Crippen molar-refractivity contribution in [2.24, 2.45) is 5.92 Å². The Hall–Kier alpha value is -4.01. The van der Waals surface area contributed by atoms with E-state index in [1.807, 2.05) is 56.3 Å². The van der Waals surface area contributed by atoms with Crippen molar-refractivity contribution < 1.29 is 23.5 Å². The van der Waals surface area contributed by atoms with E-state index in [4.69, 9.17) is 23.7 Å². The van der Waals surface area contributed by atoms with Crippen molar-refractivity contribution in [3.05, 3.63) is 59.6 Å². The highest BCUT2D eigenvalue weighted by atomic mass is 16.7. The zero-order valence-electron chi connectivity index (χ0n) is 20.2. The van der Waals surface area contributed by atoms with Gasteiger partial charge < -0.3 is 24.1 Å². The highest BCUT2D eigenvalue weighted by Gasteiger charge is 2.36. The lowest BCUT2D eigenvalue weighted by molar-refractivity contribution is 0.174. The summed E-state index contributed by atoms with van der Waals surface area (Å²) in [5.41, 5.74) is 3.18. The van der Waals surface area contributed by atoms with Crippen molar-refractivity contribution in [1.82, 2.24) is 20.4 Å². The topological polar surface area (TPSA) is 99.0 Å². The van der Waals surface area contributed by atoms with Crippen LogP contribution in [0.3, 0.4) is 0 Å². The number of aromatic nitrogens is 2. The van der Waals surface area contributed by atoms with Crippen molar-refractivity contribution in [2.75, 3.05) is 19.9 Å². The van der Waals surface area contributed by atoms with Crippen LogP contribution in [0.15, 0.2) is 52.7 Å². The van der Waals surface area contributed by atoms with Crippen molar-refractivity contribution in [1.29, 1.82) is 0 Å². The van der Waals surface area contributed by atoms with Crippen LogP contribution in [-0.2, 0) is 0 Å². The fourth-order valence-corrected chi connectivity index (χ4v) is 4.30. The molecular formula is C26H28N4O5. The van der Waals surface area contributed by atoms with Gasteiger partial charge in [-0.1, -0.05) is 31.1 Å². The summed E-state index contributed by atoms with van der Waals surface area (Å²) in [7, 11) is 0. The zero-order chi connectivity index (χ0) is 24.5. The molecule has 1 atom stereocenters. The molecule has 0 saturated heterocycles. The fraction of sp³-hybridized carbons (Fsp3) is 0.346. The Morgan fingerprint density at radius 3 is 2.66 bits per heavy atom. The molecule has 2 aliphatic rings. The lowest BCUT2D eigenvalue weighted by Gasteiger charge is -2.36. The van der Waals surface area contributed by atoms with E-state index in [0.717, 1.165) is 28.1 Å². The number of nitrogens with one attached hydrogen (secondary N) is 1. The van der Waals surface area contributed by atoms with Crippen LogP contribution in [0.25, 0.3) is 17.0 Å². The summed E-state index contributed by atoms with van der Waals surface area (Å²) in [5, 5.41) is 7.35. The molecule has 1 aromatic heterocycles. The molecule has 5 rings (SSSR count). The standard InChI is InChI=1S/C26H28N4O5/c1-5-32-19-9-6-17(7-10-19)23-22(16(4)30(13-15(2)3)26(31)27-23)25-28-24(29-35-25)18-8-11-20-21(12-18)34-14-33-20/h6-12,15,23H,5,13-14H2,1-4H3,(H,27,31). The molecule has 1 unspecified atom stereocenters. The second kappa shape index (κ2) is 9.32. The molecule has 0 spiro atoms. The number of amides is 2. The first-order valence-corrected chi connectivity index (χ1v) is 11.7. The average Bonchev–Trinajstić information content (AvgIpc) is 3.51. The van der Waals surface area contributed by atoms with Crippen molar-refractivity contribution >= 4 is 11.6 Å². The largest absolute Gasteiger partial charge is 0.494 e. The van der Waals surface area contributed by atoms with Crippen LogP contribution >= 0.6 is 0 Å². The first-order chi connectivity index (χ1) is 16.9. The average molecular weight is 477 g/mol. The van der Waals surface area contributed by atoms with Gasteiger partial charge in [-0.2, -0.15) is 4.98 Å². The number of ether oxygens (including phenoxy) is 3. The number of carbonyl (C=O) groups excluding carboxylic acids is 1. The first kappa shape index (κ1) is 22.8. The molecule has 3 heterocycles. The summed E-state index contributed by atoms with van der Waals surface area (Å²) in [6.07, 6.45) is 0. The smallest absolute Gasteiger partial charge is 0.322 e. The minimum atomic E-state index is -0.452. The highest BCUT2D eigenvalue weighted by Crippen LogP contribution is 2.39. The van der Waals surface area contributed by atoms with Crippen LogP contribution in [0.4, 0.5) is 4.79 Å². The highest BCUT2D eigenvalue weighted by molar-refractivity contribution is 5.87. The Bertz CT molecular complexity index is 1270. The van der Waals surface area contributed by atoms with Gasteiger partial charge in [-0.05, 0) is 55.7 Å². The van der Waals surface area contributed by atoms with E-state index in [2.05, 4.69) is 24.3 Å². The summed E-state index contributed by atoms with van der Waals surface area (Å²) in [6.45, 7) is 9.35. The summed E-state index contributed by atoms with van der Waals surface area (Å²) in [5.74, 6) is 3.16. The molecule has 182 valence electrons. The Kier molecular flexibility index (Phi) is 6.07. The van der Waals surface area contributed by atoms with Gasteiger partial charge in [0.05, 0.1) is 18.2 Å². The molecular weight excluding hydrogens is 448 g/mol. The van der Waals surface area contributed by atoms with E-state index >= 15 is 0 Å². The Morgan fingerprint density at radius 1 is 1.14 bits per heavy atom. The third kappa shape index (κ3) is 4.41. The maximum Gasteiger partial charge on any atom is 0.322 e. The van der Waals surface area contributed by atoms with E-state index in [9.17, 15) is 4.79 Å². The van der Waals surface area contributed by atoms with Gasteiger partial charge in [0.25, 0.3) is 5.89 Å². The predicted molar refractivity (Wildman–Crippen MR) is 129 cm³/mol. The van der Waals surface area contributed by atoms with E-state index in [0.29, 0.717) is 36.4 Å². The second-order valence-electron chi connectivity index (χ2n) is 8.88. The van der Waals surface area contributed by atoms with Gasteiger partial charge in [0.15, 0.2) is 11.5 Å². The second-order valence-corrected chi connectivity index (χ2v) is 8.88. The SMILES string of the molecule is CCOc1ccc(C2NC(=O)N(CC(C)C)C(C)=C2c2nc(-c3ccc4c(c3)OCO4)no2)cc1. The Labute approximate surface area is 203 Å². The van der Waals surface area contributed by atoms with E-state index in [1.54, 1.807) is 4.90 Å². The van der Waals surface area contributed by atoms with Gasteiger partial charge in [-0.15, -0.1) is 0 Å². The van der Waals surface area contributed by atoms with Gasteiger partial charge in [0, 0.05) is 17.8 Å². The lowest BCUT2D eigenvalue weighted by atomic mass is 9.94. The first-order valence-electron chi connectivity index (χ1n) is 11.7. The number of hydrogen-bond acceptors (Lipinski definition) is 7. The number of hydrogen-bond donors (Lipinski definition) is 1. The molecule has 35 heavy (non-hydrogen) atoms. The van der Waals surface area contributed by atoms with E-state index < -0.39 is 6.04 Å². The third-order valence-corrected chi connectivity index (χ3v) is 5.96. The molecule has 1 N–H and O–H groups in total. The normalized spacial score (nSPS) is 17.2. The quantitative estimate of drug-likeness (QED) is 0.511. The minimum absolute atomic E-state index is 0.158. The number of nitrogens with zero attached hydrogens (tertiary/aromatic N) is 3. The molecule has 2 aromatic carbocycles. The number of benzene rings is 2. The molecule has 9 nitrogen and oxygen atoms in total.